The maximum atomic E-state index is 12.1. The van der Waals surface area contributed by atoms with Gasteiger partial charge >= 0.3 is 6.09 Å². The number of para-hydroxylation sites is 2. The monoisotopic (exact) mass is 474 g/mol. The Hall–Kier alpha value is -3.39. The number of carbonyl (C=O) groups is 1. The van der Waals surface area contributed by atoms with Gasteiger partial charge < -0.3 is 19.9 Å². The van der Waals surface area contributed by atoms with Crippen LogP contribution in [0.1, 0.15) is 31.7 Å². The second-order valence-corrected chi connectivity index (χ2v) is 9.22. The average Bonchev–Trinajstić information content (AvgIpc) is 2.90. The largest absolute Gasteiger partial charge is 0.450 e. The number of nitrogens with one attached hydrogen (secondary N) is 1. The quantitative estimate of drug-likeness (QED) is 0.558. The summed E-state index contributed by atoms with van der Waals surface area (Å²) in [6.45, 7) is 8.16. The number of aromatic nitrogens is 2. The standard InChI is InChI=1S/C27H34N6O2/c1-2-35-27(34)33-18-16-32(17-19-33)26-25(29-23-8-4-5-9-24(23)30-26)28-22-12-10-21(11-13-22)20-31-14-6-3-7-15-31/h4-5,8-13H,2-3,6-7,14-20H2,1H3,(H,28,29). The molecule has 2 saturated heterocycles. The van der Waals surface area contributed by atoms with E-state index in [0.717, 1.165) is 34.9 Å². The molecule has 0 aliphatic carbocycles. The molecule has 3 heterocycles. The lowest BCUT2D eigenvalue weighted by molar-refractivity contribution is 0.105. The molecule has 1 aromatic heterocycles. The minimum atomic E-state index is -0.250. The maximum Gasteiger partial charge on any atom is 0.409 e. The zero-order valence-electron chi connectivity index (χ0n) is 20.4. The topological polar surface area (TPSA) is 73.8 Å². The number of amides is 1. The third-order valence-corrected chi connectivity index (χ3v) is 6.73. The minimum absolute atomic E-state index is 0.250. The first kappa shape index (κ1) is 23.4. The Kier molecular flexibility index (Phi) is 7.28. The lowest BCUT2D eigenvalue weighted by Gasteiger charge is -2.35. The molecule has 0 bridgehead atoms. The van der Waals surface area contributed by atoms with E-state index >= 15 is 0 Å². The molecule has 1 N–H and O–H groups in total. The summed E-state index contributed by atoms with van der Waals surface area (Å²) in [7, 11) is 0. The van der Waals surface area contributed by atoms with Crippen LogP contribution >= 0.6 is 0 Å². The normalized spacial score (nSPS) is 16.9. The van der Waals surface area contributed by atoms with E-state index in [1.165, 1.54) is 37.9 Å². The van der Waals surface area contributed by atoms with Gasteiger partial charge in [-0.3, -0.25) is 4.90 Å². The molecule has 0 spiro atoms. The smallest absolute Gasteiger partial charge is 0.409 e. The first-order valence-electron chi connectivity index (χ1n) is 12.7. The first-order valence-corrected chi connectivity index (χ1v) is 12.7. The Bertz CT molecular complexity index is 1140. The number of fused-ring (bicyclic) bond motifs is 1. The van der Waals surface area contributed by atoms with Gasteiger partial charge in [0.15, 0.2) is 11.6 Å². The van der Waals surface area contributed by atoms with Crippen molar-refractivity contribution in [2.45, 2.75) is 32.7 Å². The third-order valence-electron chi connectivity index (χ3n) is 6.73. The molecule has 2 aliphatic rings. The highest BCUT2D eigenvalue weighted by Crippen LogP contribution is 2.29. The van der Waals surface area contributed by atoms with Crippen molar-refractivity contribution in [3.8, 4) is 0 Å². The molecule has 2 aliphatic heterocycles. The van der Waals surface area contributed by atoms with Gasteiger partial charge in [-0.2, -0.15) is 0 Å². The van der Waals surface area contributed by atoms with Crippen molar-refractivity contribution < 1.29 is 9.53 Å². The first-order chi connectivity index (χ1) is 17.2. The number of piperidine rings is 1. The zero-order valence-corrected chi connectivity index (χ0v) is 20.4. The Morgan fingerprint density at radius 3 is 2.26 bits per heavy atom. The fourth-order valence-electron chi connectivity index (χ4n) is 4.82. The van der Waals surface area contributed by atoms with Crippen LogP contribution in [0.5, 0.6) is 0 Å². The highest BCUT2D eigenvalue weighted by atomic mass is 16.6. The lowest BCUT2D eigenvalue weighted by Crippen LogP contribution is -2.49. The minimum Gasteiger partial charge on any atom is -0.450 e. The SMILES string of the molecule is CCOC(=O)N1CCN(c2nc3ccccc3nc2Nc2ccc(CN3CCCCC3)cc2)CC1. The van der Waals surface area contributed by atoms with Gasteiger partial charge in [0.2, 0.25) is 0 Å². The molecule has 8 heteroatoms. The Balaban J connectivity index is 1.33. The van der Waals surface area contributed by atoms with E-state index < -0.39 is 0 Å². The fourth-order valence-corrected chi connectivity index (χ4v) is 4.82. The van der Waals surface area contributed by atoms with E-state index in [0.29, 0.717) is 32.8 Å². The van der Waals surface area contributed by atoms with Gasteiger partial charge in [0.05, 0.1) is 17.6 Å². The van der Waals surface area contributed by atoms with E-state index in [1.54, 1.807) is 4.90 Å². The summed E-state index contributed by atoms with van der Waals surface area (Å²) in [6, 6.07) is 16.6. The number of likely N-dealkylation sites (tertiary alicyclic amines) is 1. The predicted octanol–water partition coefficient (Wildman–Crippen LogP) is 4.64. The number of nitrogens with zero attached hydrogens (tertiary/aromatic N) is 5. The van der Waals surface area contributed by atoms with Crippen LogP contribution < -0.4 is 10.2 Å². The third kappa shape index (κ3) is 5.65. The highest BCUT2D eigenvalue weighted by molar-refractivity contribution is 5.82. The van der Waals surface area contributed by atoms with E-state index in [4.69, 9.17) is 14.7 Å². The van der Waals surface area contributed by atoms with Crippen molar-refractivity contribution in [3.05, 3.63) is 54.1 Å². The van der Waals surface area contributed by atoms with Gasteiger partial charge in [0, 0.05) is 38.4 Å². The van der Waals surface area contributed by atoms with Crippen molar-refractivity contribution in [3.63, 3.8) is 0 Å². The predicted molar refractivity (Wildman–Crippen MR) is 139 cm³/mol. The van der Waals surface area contributed by atoms with Crippen LogP contribution in [-0.2, 0) is 11.3 Å². The van der Waals surface area contributed by atoms with E-state index in [1.807, 2.05) is 31.2 Å². The van der Waals surface area contributed by atoms with Crippen molar-refractivity contribution >= 4 is 34.4 Å². The molecule has 8 nitrogen and oxygen atoms in total. The fraction of sp³-hybridized carbons (Fsp3) is 0.444. The summed E-state index contributed by atoms with van der Waals surface area (Å²) >= 11 is 0. The molecule has 0 radical (unpaired) electrons. The zero-order chi connectivity index (χ0) is 24.0. The van der Waals surface area contributed by atoms with E-state index in [2.05, 4.69) is 39.4 Å². The Morgan fingerprint density at radius 2 is 1.57 bits per heavy atom. The van der Waals surface area contributed by atoms with Crippen LogP contribution in [0, 0.1) is 0 Å². The highest BCUT2D eigenvalue weighted by Gasteiger charge is 2.25. The Morgan fingerprint density at radius 1 is 0.886 bits per heavy atom. The van der Waals surface area contributed by atoms with Gasteiger partial charge in [0.1, 0.15) is 0 Å². The summed E-state index contributed by atoms with van der Waals surface area (Å²) in [5, 5.41) is 3.51. The molecule has 3 aromatic rings. The van der Waals surface area contributed by atoms with Crippen molar-refractivity contribution in [2.75, 3.05) is 56.1 Å². The van der Waals surface area contributed by atoms with Crippen LogP contribution in [0.15, 0.2) is 48.5 Å². The van der Waals surface area contributed by atoms with Crippen molar-refractivity contribution in [1.82, 2.24) is 19.8 Å². The maximum absolute atomic E-state index is 12.1. The summed E-state index contributed by atoms with van der Waals surface area (Å²) in [6.07, 6.45) is 3.71. The second kappa shape index (κ2) is 10.9. The van der Waals surface area contributed by atoms with Crippen molar-refractivity contribution in [1.29, 1.82) is 0 Å². The molecule has 2 aromatic carbocycles. The number of piperazine rings is 1. The number of rotatable bonds is 6. The summed E-state index contributed by atoms with van der Waals surface area (Å²) in [5.74, 6) is 1.54. The molecule has 0 saturated carbocycles. The molecule has 0 atom stereocenters. The molecule has 35 heavy (non-hydrogen) atoms. The molecular formula is C27H34N6O2. The molecule has 5 rings (SSSR count). The van der Waals surface area contributed by atoms with E-state index in [-0.39, 0.29) is 6.09 Å². The van der Waals surface area contributed by atoms with Gasteiger partial charge in [0.25, 0.3) is 0 Å². The molecule has 0 unspecified atom stereocenters. The lowest BCUT2D eigenvalue weighted by atomic mass is 10.1. The van der Waals surface area contributed by atoms with Crippen LogP contribution in [0.25, 0.3) is 11.0 Å². The van der Waals surface area contributed by atoms with Crippen LogP contribution in [0.4, 0.5) is 22.1 Å². The van der Waals surface area contributed by atoms with Gasteiger partial charge in [-0.05, 0) is 62.7 Å². The number of benzene rings is 2. The van der Waals surface area contributed by atoms with E-state index in [9.17, 15) is 4.79 Å². The number of anilines is 3. The second-order valence-electron chi connectivity index (χ2n) is 9.22. The number of carbonyl (C=O) groups excluding carboxylic acids is 1. The number of hydrogen-bond acceptors (Lipinski definition) is 7. The van der Waals surface area contributed by atoms with Crippen LogP contribution in [-0.4, -0.2) is 71.7 Å². The summed E-state index contributed by atoms with van der Waals surface area (Å²) < 4.78 is 5.17. The van der Waals surface area contributed by atoms with Crippen molar-refractivity contribution in [2.24, 2.45) is 0 Å². The number of ether oxygens (including phenoxy) is 1. The molecule has 2 fully saturated rings. The Labute approximate surface area is 206 Å². The van der Waals surface area contributed by atoms with Crippen LogP contribution in [0.2, 0.25) is 0 Å². The molecule has 1 amide bonds. The van der Waals surface area contributed by atoms with Crippen LogP contribution in [0.3, 0.4) is 0 Å². The number of hydrogen-bond donors (Lipinski definition) is 1. The average molecular weight is 475 g/mol. The molecule has 184 valence electrons. The van der Waals surface area contributed by atoms with Gasteiger partial charge in [-0.15, -0.1) is 0 Å². The van der Waals surface area contributed by atoms with Gasteiger partial charge in [-0.1, -0.05) is 30.7 Å². The summed E-state index contributed by atoms with van der Waals surface area (Å²) in [4.78, 5) is 28.5. The van der Waals surface area contributed by atoms with Gasteiger partial charge in [-0.25, -0.2) is 14.8 Å². The molecular weight excluding hydrogens is 440 g/mol. The summed E-state index contributed by atoms with van der Waals surface area (Å²) in [5.41, 5.74) is 4.03.